The van der Waals surface area contributed by atoms with Gasteiger partial charge >= 0.3 is 6.18 Å². The van der Waals surface area contributed by atoms with E-state index in [0.717, 1.165) is 31.7 Å². The summed E-state index contributed by atoms with van der Waals surface area (Å²) in [5.41, 5.74) is -0.00149. The summed E-state index contributed by atoms with van der Waals surface area (Å²) in [6, 6.07) is -0.374. The van der Waals surface area contributed by atoms with Crippen LogP contribution in [-0.2, 0) is 6.18 Å². The topological polar surface area (TPSA) is 85.0 Å². The molecule has 1 aliphatic heterocycles. The van der Waals surface area contributed by atoms with Crippen molar-refractivity contribution in [1.29, 1.82) is 0 Å². The van der Waals surface area contributed by atoms with E-state index in [1.807, 2.05) is 0 Å². The van der Waals surface area contributed by atoms with Crippen molar-refractivity contribution in [3.05, 3.63) is 36.0 Å². The zero-order valence-electron chi connectivity index (χ0n) is 12.5. The molecule has 1 saturated heterocycles. The minimum absolute atomic E-state index is 0.00149. The highest BCUT2D eigenvalue weighted by atomic mass is 19.4. The van der Waals surface area contributed by atoms with Gasteiger partial charge in [0.1, 0.15) is 0 Å². The number of hydrogen-bond acceptors (Lipinski definition) is 6. The van der Waals surface area contributed by atoms with Crippen molar-refractivity contribution in [1.82, 2.24) is 25.0 Å². The molecular weight excluding hydrogens is 327 g/mol. The number of rotatable bonds is 2. The highest BCUT2D eigenvalue weighted by molar-refractivity contribution is 5.93. The molecule has 0 bridgehead atoms. The van der Waals surface area contributed by atoms with Crippen molar-refractivity contribution in [3.8, 4) is 0 Å². The van der Waals surface area contributed by atoms with Gasteiger partial charge in [-0.05, 0) is 12.8 Å². The Bertz CT molecular complexity index is 687. The summed E-state index contributed by atoms with van der Waals surface area (Å²) >= 11 is 0. The van der Waals surface area contributed by atoms with Crippen LogP contribution in [0.5, 0.6) is 0 Å². The third-order valence-corrected chi connectivity index (χ3v) is 3.84. The SMILES string of the molecule is O=C(c1cnc(C(F)(F)F)nc1)N1CCCCCC1c1ncon1. The predicted octanol–water partition coefficient (Wildman–Crippen LogP) is 2.64. The molecule has 2 aromatic heterocycles. The van der Waals surface area contributed by atoms with Crippen molar-refractivity contribution >= 4 is 5.91 Å². The van der Waals surface area contributed by atoms with Crippen LogP contribution in [0.4, 0.5) is 13.2 Å². The summed E-state index contributed by atoms with van der Waals surface area (Å²) in [5, 5.41) is 3.79. The lowest BCUT2D eigenvalue weighted by atomic mass is 10.1. The second-order valence-electron chi connectivity index (χ2n) is 5.45. The fourth-order valence-corrected chi connectivity index (χ4v) is 2.70. The van der Waals surface area contributed by atoms with E-state index in [0.29, 0.717) is 18.8 Å². The highest BCUT2D eigenvalue weighted by Gasteiger charge is 2.35. The first kappa shape index (κ1) is 16.3. The van der Waals surface area contributed by atoms with E-state index in [4.69, 9.17) is 4.52 Å². The Hall–Kier alpha value is -2.52. The van der Waals surface area contributed by atoms with Crippen LogP contribution >= 0.6 is 0 Å². The number of halogens is 3. The summed E-state index contributed by atoms with van der Waals surface area (Å²) in [5.74, 6) is -1.33. The van der Waals surface area contributed by atoms with E-state index in [1.54, 1.807) is 4.90 Å². The normalized spacial score (nSPS) is 19.1. The number of hydrogen-bond donors (Lipinski definition) is 0. The van der Waals surface area contributed by atoms with Gasteiger partial charge in [0.15, 0.2) is 5.82 Å². The molecule has 1 aliphatic rings. The smallest absolute Gasteiger partial charge is 0.343 e. The molecule has 128 valence electrons. The molecule has 1 amide bonds. The molecule has 0 radical (unpaired) electrons. The molecule has 1 unspecified atom stereocenters. The zero-order chi connectivity index (χ0) is 17.2. The monoisotopic (exact) mass is 341 g/mol. The lowest BCUT2D eigenvalue weighted by molar-refractivity contribution is -0.145. The van der Waals surface area contributed by atoms with Gasteiger partial charge in [0, 0.05) is 18.9 Å². The van der Waals surface area contributed by atoms with Crippen molar-refractivity contribution in [2.45, 2.75) is 37.9 Å². The molecule has 3 rings (SSSR count). The molecule has 7 nitrogen and oxygen atoms in total. The van der Waals surface area contributed by atoms with Crippen LogP contribution in [0, 0.1) is 0 Å². The Morgan fingerprint density at radius 3 is 2.54 bits per heavy atom. The predicted molar refractivity (Wildman–Crippen MR) is 73.6 cm³/mol. The van der Waals surface area contributed by atoms with Crippen molar-refractivity contribution < 1.29 is 22.5 Å². The van der Waals surface area contributed by atoms with Gasteiger partial charge in [-0.15, -0.1) is 0 Å². The lowest BCUT2D eigenvalue weighted by Crippen LogP contribution is -2.35. The number of aromatic nitrogens is 4. The number of nitrogens with zero attached hydrogens (tertiary/aromatic N) is 5. The molecule has 0 aliphatic carbocycles. The third-order valence-electron chi connectivity index (χ3n) is 3.84. The van der Waals surface area contributed by atoms with Gasteiger partial charge in [-0.2, -0.15) is 18.2 Å². The second-order valence-corrected chi connectivity index (χ2v) is 5.45. The number of amides is 1. The van der Waals surface area contributed by atoms with E-state index < -0.39 is 17.9 Å². The maximum absolute atomic E-state index is 12.7. The molecule has 0 N–H and O–H groups in total. The summed E-state index contributed by atoms with van der Waals surface area (Å²) < 4.78 is 42.3. The molecule has 24 heavy (non-hydrogen) atoms. The van der Waals surface area contributed by atoms with Gasteiger partial charge in [0.25, 0.3) is 5.91 Å². The molecule has 1 atom stereocenters. The largest absolute Gasteiger partial charge is 0.451 e. The van der Waals surface area contributed by atoms with Crippen LogP contribution in [0.3, 0.4) is 0 Å². The quantitative estimate of drug-likeness (QED) is 0.835. The highest BCUT2D eigenvalue weighted by Crippen LogP contribution is 2.30. The summed E-state index contributed by atoms with van der Waals surface area (Å²) in [6.45, 7) is 0.457. The first-order chi connectivity index (χ1) is 11.5. The van der Waals surface area contributed by atoms with Crippen LogP contribution in [0.15, 0.2) is 23.3 Å². The minimum Gasteiger partial charge on any atom is -0.343 e. The standard InChI is InChI=1S/C14H14F3N5O2/c15-14(16,17)13-18-6-9(7-19-13)12(23)22-5-3-1-2-4-10(22)11-20-8-24-21-11/h6-8,10H,1-5H2. The Kier molecular flexibility index (Phi) is 4.45. The first-order valence-corrected chi connectivity index (χ1v) is 7.43. The second kappa shape index (κ2) is 6.54. The number of carbonyl (C=O) groups is 1. The Morgan fingerprint density at radius 2 is 1.92 bits per heavy atom. The number of carbonyl (C=O) groups excluding carboxylic acids is 1. The number of alkyl halides is 3. The molecule has 0 aromatic carbocycles. The average Bonchev–Trinajstić information content (AvgIpc) is 2.98. The molecular formula is C14H14F3N5O2. The van der Waals surface area contributed by atoms with E-state index in [2.05, 4.69) is 20.1 Å². The third kappa shape index (κ3) is 3.36. The first-order valence-electron chi connectivity index (χ1n) is 7.43. The van der Waals surface area contributed by atoms with E-state index in [9.17, 15) is 18.0 Å². The van der Waals surface area contributed by atoms with Crippen LogP contribution in [0.2, 0.25) is 0 Å². The molecule has 3 heterocycles. The Labute approximate surface area is 134 Å². The Morgan fingerprint density at radius 1 is 1.17 bits per heavy atom. The van der Waals surface area contributed by atoms with Gasteiger partial charge in [-0.3, -0.25) is 4.79 Å². The van der Waals surface area contributed by atoms with E-state index >= 15 is 0 Å². The van der Waals surface area contributed by atoms with Gasteiger partial charge < -0.3 is 9.42 Å². The van der Waals surface area contributed by atoms with Gasteiger partial charge in [-0.25, -0.2) is 9.97 Å². The molecule has 1 fully saturated rings. The molecule has 2 aromatic rings. The van der Waals surface area contributed by atoms with Crippen LogP contribution < -0.4 is 0 Å². The van der Waals surface area contributed by atoms with Gasteiger partial charge in [0.2, 0.25) is 12.2 Å². The van der Waals surface area contributed by atoms with Crippen molar-refractivity contribution in [2.75, 3.05) is 6.54 Å². The van der Waals surface area contributed by atoms with E-state index in [-0.39, 0.29) is 11.6 Å². The molecule has 0 saturated carbocycles. The summed E-state index contributed by atoms with van der Waals surface area (Å²) in [6.07, 6.45) is 1.64. The van der Waals surface area contributed by atoms with Gasteiger partial charge in [0.05, 0.1) is 11.6 Å². The average molecular weight is 341 g/mol. The van der Waals surface area contributed by atoms with Crippen molar-refractivity contribution in [2.24, 2.45) is 0 Å². The number of likely N-dealkylation sites (tertiary alicyclic amines) is 1. The fourth-order valence-electron chi connectivity index (χ4n) is 2.70. The molecule has 0 spiro atoms. The molecule has 10 heteroatoms. The van der Waals surface area contributed by atoms with Crippen molar-refractivity contribution in [3.63, 3.8) is 0 Å². The summed E-state index contributed by atoms with van der Waals surface area (Å²) in [4.78, 5) is 24.7. The van der Waals surface area contributed by atoms with Crippen LogP contribution in [0.1, 0.15) is 53.7 Å². The van der Waals surface area contributed by atoms with Gasteiger partial charge in [-0.1, -0.05) is 18.0 Å². The maximum Gasteiger partial charge on any atom is 0.451 e. The summed E-state index contributed by atoms with van der Waals surface area (Å²) in [7, 11) is 0. The lowest BCUT2D eigenvalue weighted by Gasteiger charge is -2.27. The minimum atomic E-state index is -4.64. The maximum atomic E-state index is 12.7. The van der Waals surface area contributed by atoms with E-state index in [1.165, 1.54) is 6.39 Å². The zero-order valence-corrected chi connectivity index (χ0v) is 12.5. The Balaban J connectivity index is 1.85. The van der Waals surface area contributed by atoms with Crippen LogP contribution in [0.25, 0.3) is 0 Å². The fraction of sp³-hybridized carbons (Fsp3) is 0.500. The van der Waals surface area contributed by atoms with Crippen LogP contribution in [-0.4, -0.2) is 37.5 Å².